The van der Waals surface area contributed by atoms with E-state index in [1.807, 2.05) is 13.8 Å². The van der Waals surface area contributed by atoms with E-state index in [1.165, 1.54) is 0 Å². The number of carbonyl (C=O) groups is 2. The molecule has 0 aromatic heterocycles. The summed E-state index contributed by atoms with van der Waals surface area (Å²) < 4.78 is 5.79. The van der Waals surface area contributed by atoms with Crippen LogP contribution in [0.1, 0.15) is 54.4 Å². The lowest BCUT2D eigenvalue weighted by molar-refractivity contribution is -0.205. The number of esters is 1. The quantitative estimate of drug-likeness (QED) is 0.466. The summed E-state index contributed by atoms with van der Waals surface area (Å²) in [4.78, 5) is 26.9. The Morgan fingerprint density at radius 3 is 2.58 bits per heavy atom. The van der Waals surface area contributed by atoms with Gasteiger partial charge in [-0.2, -0.15) is 0 Å². The van der Waals surface area contributed by atoms with Crippen LogP contribution in [0, 0.1) is 40.4 Å². The lowest BCUT2D eigenvalue weighted by Crippen LogP contribution is -2.66. The van der Waals surface area contributed by atoms with Crippen molar-refractivity contribution in [1.29, 1.82) is 0 Å². The molecule has 0 radical (unpaired) electrons. The van der Waals surface area contributed by atoms with Gasteiger partial charge in [0.15, 0.2) is 17.5 Å². The summed E-state index contributed by atoms with van der Waals surface area (Å²) in [5, 5.41) is 33.7. The summed E-state index contributed by atoms with van der Waals surface area (Å²) in [6, 6.07) is 0. The molecule has 0 heterocycles. The first kappa shape index (κ1) is 22.7. The van der Waals surface area contributed by atoms with Crippen molar-refractivity contribution in [2.75, 3.05) is 6.61 Å². The number of aliphatic hydroxyl groups excluding tert-OH is 2. The van der Waals surface area contributed by atoms with E-state index in [0.29, 0.717) is 17.9 Å². The molecule has 2 fully saturated rings. The Morgan fingerprint density at radius 2 is 2.00 bits per heavy atom. The maximum absolute atomic E-state index is 14.2. The molecule has 0 saturated heterocycles. The number of fused-ring (bicyclic) bond motifs is 3. The van der Waals surface area contributed by atoms with Gasteiger partial charge < -0.3 is 20.1 Å². The van der Waals surface area contributed by atoms with Crippen molar-refractivity contribution in [2.24, 2.45) is 40.4 Å². The van der Waals surface area contributed by atoms with Crippen LogP contribution in [0.25, 0.3) is 0 Å². The summed E-state index contributed by atoms with van der Waals surface area (Å²) in [6.45, 7) is 11.2. The molecule has 1 unspecified atom stereocenters. The fourth-order valence-corrected chi connectivity index (χ4v) is 6.99. The third kappa shape index (κ3) is 2.67. The highest BCUT2D eigenvalue weighted by molar-refractivity contribution is 5.95. The van der Waals surface area contributed by atoms with Crippen LogP contribution in [0.4, 0.5) is 0 Å². The van der Waals surface area contributed by atoms with E-state index in [0.717, 1.165) is 6.42 Å². The molecule has 0 aromatic carbocycles. The number of Topliss-reactive ketones (excluding diaryl/α,β-unsaturated/α-hetero) is 1. The monoisotopic (exact) mass is 432 g/mol. The lowest BCUT2D eigenvalue weighted by atomic mass is 9.59. The van der Waals surface area contributed by atoms with E-state index in [2.05, 4.69) is 13.8 Å². The normalized spacial score (nSPS) is 46.0. The molecule has 6 heteroatoms. The van der Waals surface area contributed by atoms with Gasteiger partial charge in [-0.05, 0) is 54.1 Å². The Morgan fingerprint density at radius 1 is 1.35 bits per heavy atom. The van der Waals surface area contributed by atoms with Crippen LogP contribution < -0.4 is 0 Å². The highest BCUT2D eigenvalue weighted by Crippen LogP contribution is 2.71. The van der Waals surface area contributed by atoms with Gasteiger partial charge in [0.2, 0.25) is 0 Å². The molecule has 0 aliphatic heterocycles. The van der Waals surface area contributed by atoms with Gasteiger partial charge in [0.1, 0.15) is 6.10 Å². The molecule has 4 aliphatic rings. The topological polar surface area (TPSA) is 104 Å². The molecule has 1 spiro atoms. The maximum atomic E-state index is 14.2. The van der Waals surface area contributed by atoms with Crippen molar-refractivity contribution in [1.82, 2.24) is 0 Å². The Kier molecular flexibility index (Phi) is 5.12. The molecule has 3 N–H and O–H groups in total. The van der Waals surface area contributed by atoms with E-state index in [4.69, 9.17) is 4.74 Å². The second kappa shape index (κ2) is 7.00. The number of rotatable bonds is 4. The van der Waals surface area contributed by atoms with Gasteiger partial charge in [-0.25, -0.2) is 0 Å². The maximum Gasteiger partial charge on any atom is 0.309 e. The predicted octanol–water partition coefficient (Wildman–Crippen LogP) is 2.41. The lowest BCUT2D eigenvalue weighted by Gasteiger charge is -2.48. The summed E-state index contributed by atoms with van der Waals surface area (Å²) >= 11 is 0. The van der Waals surface area contributed by atoms with Crippen molar-refractivity contribution < 1.29 is 29.6 Å². The molecule has 6 nitrogen and oxygen atoms in total. The molecular formula is C25H36O6. The van der Waals surface area contributed by atoms with Crippen LogP contribution in [0.2, 0.25) is 0 Å². The molecule has 31 heavy (non-hydrogen) atoms. The smallest absolute Gasteiger partial charge is 0.309 e. The van der Waals surface area contributed by atoms with Gasteiger partial charge in [0.25, 0.3) is 0 Å². The van der Waals surface area contributed by atoms with Crippen molar-refractivity contribution in [3.8, 4) is 0 Å². The van der Waals surface area contributed by atoms with Gasteiger partial charge >= 0.3 is 5.97 Å². The molecular weight excluding hydrogens is 396 g/mol. The fourth-order valence-electron chi connectivity index (χ4n) is 6.99. The number of hydrogen-bond acceptors (Lipinski definition) is 6. The Labute approximate surface area is 184 Å². The zero-order chi connectivity index (χ0) is 23.1. The van der Waals surface area contributed by atoms with Crippen LogP contribution in [0.3, 0.4) is 0 Å². The number of allylic oxidation sites excluding steroid dienone is 1. The van der Waals surface area contributed by atoms with Crippen LogP contribution in [0.15, 0.2) is 23.3 Å². The van der Waals surface area contributed by atoms with Crippen molar-refractivity contribution >= 4 is 11.8 Å². The number of ketones is 1. The van der Waals surface area contributed by atoms with Crippen LogP contribution in [0.5, 0.6) is 0 Å². The Hall–Kier alpha value is -1.50. The number of aliphatic hydroxyl groups is 3. The van der Waals surface area contributed by atoms with E-state index >= 15 is 0 Å². The minimum atomic E-state index is -2.05. The minimum absolute atomic E-state index is 0.0134. The average molecular weight is 433 g/mol. The summed E-state index contributed by atoms with van der Waals surface area (Å²) in [7, 11) is 0. The van der Waals surface area contributed by atoms with Gasteiger partial charge in [0, 0.05) is 5.92 Å². The third-order valence-corrected chi connectivity index (χ3v) is 9.15. The predicted molar refractivity (Wildman–Crippen MR) is 115 cm³/mol. The zero-order valence-electron chi connectivity index (χ0n) is 19.4. The molecule has 4 rings (SSSR count). The van der Waals surface area contributed by atoms with E-state index < -0.39 is 41.7 Å². The summed E-state index contributed by atoms with van der Waals surface area (Å²) in [5.41, 5.74) is -2.64. The standard InChI is InChI=1S/C25H36O6/c1-7-12(2)22(29)31-21-13(3)10-24-14(4)8-17-18(23(17,5)6)16(20(24)28)9-15(11-26)19(27)25(21,24)30/h9-10,12,14,16-19,21,26-27,30H,7-8,11H2,1-6H3/t12?,14-,16+,17-,18+,19-,21+,24-,25+/m1/s1. The Balaban J connectivity index is 1.89. The number of carbonyl (C=O) groups excluding carboxylic acids is 2. The molecule has 9 atom stereocenters. The molecule has 0 aromatic rings. The Bertz CT molecular complexity index is 871. The van der Waals surface area contributed by atoms with Gasteiger partial charge in [0.05, 0.1) is 17.9 Å². The molecule has 2 saturated carbocycles. The van der Waals surface area contributed by atoms with Crippen LogP contribution in [-0.2, 0) is 14.3 Å². The number of ether oxygens (including phenoxy) is 1. The number of hydrogen-bond donors (Lipinski definition) is 3. The second-order valence-corrected chi connectivity index (χ2v) is 11.0. The zero-order valence-corrected chi connectivity index (χ0v) is 19.4. The second-order valence-electron chi connectivity index (χ2n) is 11.0. The molecule has 0 amide bonds. The highest BCUT2D eigenvalue weighted by atomic mass is 16.6. The van der Waals surface area contributed by atoms with E-state index in [9.17, 15) is 24.9 Å². The summed E-state index contributed by atoms with van der Waals surface area (Å²) in [6.07, 6.45) is 2.11. The molecule has 4 aliphatic carbocycles. The first-order valence-corrected chi connectivity index (χ1v) is 11.6. The van der Waals surface area contributed by atoms with Crippen LogP contribution in [-0.4, -0.2) is 51.5 Å². The minimum Gasteiger partial charge on any atom is -0.454 e. The van der Waals surface area contributed by atoms with Gasteiger partial charge in [-0.1, -0.05) is 46.8 Å². The average Bonchev–Trinajstić information content (AvgIpc) is 3.21. The highest BCUT2D eigenvalue weighted by Gasteiger charge is 2.76. The van der Waals surface area contributed by atoms with Gasteiger partial charge in [-0.15, -0.1) is 0 Å². The van der Waals surface area contributed by atoms with Crippen molar-refractivity contribution in [3.05, 3.63) is 23.3 Å². The van der Waals surface area contributed by atoms with Crippen molar-refractivity contribution in [3.63, 3.8) is 0 Å². The largest absolute Gasteiger partial charge is 0.454 e. The molecule has 172 valence electrons. The SMILES string of the molecule is CCC(C)C(=O)O[C@H]1C(C)=C[C@@]23C(=O)[C@@H](C=C(CO)[C@@H](O)[C@]12O)[C@H]1[C@@H](C[C@H]3C)C1(C)C. The van der Waals surface area contributed by atoms with E-state index in [1.54, 1.807) is 26.0 Å². The molecule has 2 bridgehead atoms. The summed E-state index contributed by atoms with van der Waals surface area (Å²) in [5.74, 6) is -1.30. The van der Waals surface area contributed by atoms with Gasteiger partial charge in [-0.3, -0.25) is 9.59 Å². The van der Waals surface area contributed by atoms with Crippen molar-refractivity contribution in [2.45, 2.75) is 72.2 Å². The third-order valence-electron chi connectivity index (χ3n) is 9.15. The first-order chi connectivity index (χ1) is 14.4. The fraction of sp³-hybridized carbons (Fsp3) is 0.760. The first-order valence-electron chi connectivity index (χ1n) is 11.6. The van der Waals surface area contributed by atoms with E-state index in [-0.39, 0.29) is 34.5 Å². The van der Waals surface area contributed by atoms with Crippen LogP contribution >= 0.6 is 0 Å².